The SMILES string of the molecule is Cc1c(F)c(F)c(F)c([B]c2c(F)c(F)cc(F)c2F)c1F. The lowest BCUT2D eigenvalue weighted by atomic mass is 9.62. The van der Waals surface area contributed by atoms with Crippen LogP contribution in [0.3, 0.4) is 0 Å². The minimum Gasteiger partial charge on any atom is -0.207 e. The van der Waals surface area contributed by atoms with Gasteiger partial charge in [-0.3, -0.25) is 0 Å². The van der Waals surface area contributed by atoms with Gasteiger partial charge in [-0.1, -0.05) is 0 Å². The van der Waals surface area contributed by atoms with E-state index >= 15 is 0 Å². The molecule has 0 amide bonds. The van der Waals surface area contributed by atoms with E-state index in [1.165, 1.54) is 0 Å². The lowest BCUT2D eigenvalue weighted by Gasteiger charge is -2.11. The first kappa shape index (κ1) is 16.3. The van der Waals surface area contributed by atoms with Crippen molar-refractivity contribution >= 4 is 18.2 Å². The molecule has 0 aliphatic heterocycles. The molecule has 0 saturated heterocycles. The van der Waals surface area contributed by atoms with E-state index in [2.05, 4.69) is 0 Å². The van der Waals surface area contributed by atoms with Gasteiger partial charge in [0.05, 0.1) is 0 Å². The second-order valence-electron chi connectivity index (χ2n) is 4.32. The first-order valence-corrected chi connectivity index (χ1v) is 5.67. The highest BCUT2D eigenvalue weighted by Gasteiger charge is 2.27. The van der Waals surface area contributed by atoms with Crippen molar-refractivity contribution in [2.24, 2.45) is 0 Å². The number of rotatable bonds is 2. The van der Waals surface area contributed by atoms with Crippen LogP contribution in [0.5, 0.6) is 0 Å². The summed E-state index contributed by atoms with van der Waals surface area (Å²) in [5.74, 6) is -15.1. The van der Waals surface area contributed by atoms with Gasteiger partial charge in [-0.15, -0.1) is 0 Å². The fourth-order valence-electron chi connectivity index (χ4n) is 1.76. The van der Waals surface area contributed by atoms with Gasteiger partial charge in [-0.2, -0.15) is 0 Å². The molecule has 0 aliphatic rings. The molecule has 0 aromatic heterocycles. The topological polar surface area (TPSA) is 0 Å². The fraction of sp³-hybridized carbons (Fsp3) is 0.0769. The van der Waals surface area contributed by atoms with E-state index < -0.39 is 63.0 Å². The van der Waals surface area contributed by atoms with Crippen LogP contribution >= 0.6 is 0 Å². The van der Waals surface area contributed by atoms with E-state index in [1.54, 1.807) is 0 Å². The maximum atomic E-state index is 13.7. The van der Waals surface area contributed by atoms with Gasteiger partial charge in [-0.05, 0) is 17.8 Å². The highest BCUT2D eigenvalue weighted by Crippen LogP contribution is 2.17. The summed E-state index contributed by atoms with van der Waals surface area (Å²) in [6, 6.07) is -0.106. The predicted molar refractivity (Wildman–Crippen MR) is 62.3 cm³/mol. The van der Waals surface area contributed by atoms with Gasteiger partial charge >= 0.3 is 0 Å². The molecule has 22 heavy (non-hydrogen) atoms. The average molecular weight is 323 g/mol. The van der Waals surface area contributed by atoms with Crippen LogP contribution in [0, 0.1) is 53.5 Å². The monoisotopic (exact) mass is 323 g/mol. The summed E-state index contributed by atoms with van der Waals surface area (Å²) in [6.07, 6.45) is 0. The maximum Gasteiger partial charge on any atom is 0.207 e. The van der Waals surface area contributed by atoms with Crippen molar-refractivity contribution in [2.45, 2.75) is 6.92 Å². The van der Waals surface area contributed by atoms with E-state index in [0.29, 0.717) is 0 Å². The Hall–Kier alpha value is -2.06. The molecule has 0 fully saturated rings. The molecule has 0 unspecified atom stereocenters. The van der Waals surface area contributed by atoms with Crippen molar-refractivity contribution in [1.29, 1.82) is 0 Å². The molecule has 0 atom stereocenters. The molecule has 0 aliphatic carbocycles. The van der Waals surface area contributed by atoms with Crippen LogP contribution < -0.4 is 10.9 Å². The highest BCUT2D eigenvalue weighted by molar-refractivity contribution is 6.67. The van der Waals surface area contributed by atoms with Crippen LogP contribution in [0.2, 0.25) is 0 Å². The molecule has 0 nitrogen and oxygen atoms in total. The van der Waals surface area contributed by atoms with Crippen LogP contribution in [0.1, 0.15) is 5.56 Å². The van der Waals surface area contributed by atoms with Crippen molar-refractivity contribution in [3.63, 3.8) is 0 Å². The minimum absolute atomic E-state index is 0.0248. The number of benzene rings is 2. The van der Waals surface area contributed by atoms with Crippen molar-refractivity contribution in [1.82, 2.24) is 0 Å². The third-order valence-electron chi connectivity index (χ3n) is 2.95. The molecule has 9 heteroatoms. The zero-order valence-corrected chi connectivity index (χ0v) is 10.7. The number of halogens is 8. The molecule has 0 heterocycles. The second kappa shape index (κ2) is 5.62. The van der Waals surface area contributed by atoms with Crippen LogP contribution in [0.25, 0.3) is 0 Å². The van der Waals surface area contributed by atoms with Gasteiger partial charge in [0.25, 0.3) is 0 Å². The third-order valence-corrected chi connectivity index (χ3v) is 2.95. The standard InChI is InChI=1S/C13H4BF8/c1-3-8(17)6(12(21)13(22)9(3)18)14-7-10(19)4(15)2-5(16)11(7)20/h2H,1H3. The number of hydrogen-bond donors (Lipinski definition) is 0. The lowest BCUT2D eigenvalue weighted by molar-refractivity contribution is 0.434. The van der Waals surface area contributed by atoms with Crippen LogP contribution in [0.4, 0.5) is 35.1 Å². The average Bonchev–Trinajstić information content (AvgIpc) is 2.48. The van der Waals surface area contributed by atoms with E-state index in [1.807, 2.05) is 0 Å². The summed E-state index contributed by atoms with van der Waals surface area (Å²) in [5, 5.41) is 0. The molecule has 115 valence electrons. The summed E-state index contributed by atoms with van der Waals surface area (Å²) in [4.78, 5) is 0. The van der Waals surface area contributed by atoms with Gasteiger partial charge < -0.3 is 0 Å². The Bertz CT molecular complexity index is 716. The molecule has 2 aromatic rings. The predicted octanol–water partition coefficient (Wildman–Crippen LogP) is 2.76. The fourth-order valence-corrected chi connectivity index (χ4v) is 1.76. The first-order valence-electron chi connectivity index (χ1n) is 5.67. The normalized spacial score (nSPS) is 11.0. The molecule has 1 radical (unpaired) electrons. The maximum absolute atomic E-state index is 13.7. The first-order chi connectivity index (χ1) is 10.2. The largest absolute Gasteiger partial charge is 0.207 e. The molecule has 0 saturated carbocycles. The Morgan fingerprint density at radius 3 is 1.55 bits per heavy atom. The van der Waals surface area contributed by atoms with Crippen molar-refractivity contribution in [3.8, 4) is 0 Å². The van der Waals surface area contributed by atoms with Crippen molar-refractivity contribution in [3.05, 3.63) is 58.2 Å². The zero-order valence-electron chi connectivity index (χ0n) is 10.7. The molecular weight excluding hydrogens is 319 g/mol. The van der Waals surface area contributed by atoms with E-state index in [-0.39, 0.29) is 13.3 Å². The summed E-state index contributed by atoms with van der Waals surface area (Å²) in [6.45, 7) is 0.753. The minimum atomic E-state index is -2.08. The Kier molecular flexibility index (Phi) is 4.17. The molecule has 2 aromatic carbocycles. The quantitative estimate of drug-likeness (QED) is 0.345. The van der Waals surface area contributed by atoms with E-state index in [9.17, 15) is 35.1 Å². The van der Waals surface area contributed by atoms with E-state index in [0.717, 1.165) is 6.92 Å². The highest BCUT2D eigenvalue weighted by atomic mass is 19.2. The molecule has 0 bridgehead atoms. The summed E-state index contributed by atoms with van der Waals surface area (Å²) >= 11 is 0. The Morgan fingerprint density at radius 1 is 0.591 bits per heavy atom. The second-order valence-corrected chi connectivity index (χ2v) is 4.32. The molecular formula is C13H4BF8. The van der Waals surface area contributed by atoms with Crippen molar-refractivity contribution < 1.29 is 35.1 Å². The molecule has 0 N–H and O–H groups in total. The van der Waals surface area contributed by atoms with Crippen LogP contribution in [-0.4, -0.2) is 7.28 Å². The van der Waals surface area contributed by atoms with Gasteiger partial charge in [0.2, 0.25) is 7.28 Å². The summed E-state index contributed by atoms with van der Waals surface area (Å²) in [7, 11) is 0.0248. The zero-order chi connectivity index (χ0) is 16.8. The van der Waals surface area contributed by atoms with Gasteiger partial charge in [0.1, 0.15) is 5.82 Å². The molecule has 0 spiro atoms. The third kappa shape index (κ3) is 2.44. The van der Waals surface area contributed by atoms with Gasteiger partial charge in [0, 0.05) is 11.6 Å². The Morgan fingerprint density at radius 2 is 1.05 bits per heavy atom. The Labute approximate surface area is 119 Å². The number of hydrogen-bond acceptors (Lipinski definition) is 0. The van der Waals surface area contributed by atoms with Crippen molar-refractivity contribution in [2.75, 3.05) is 0 Å². The smallest absolute Gasteiger partial charge is 0.207 e. The van der Waals surface area contributed by atoms with Crippen LogP contribution in [0.15, 0.2) is 6.07 Å². The lowest BCUT2D eigenvalue weighted by Crippen LogP contribution is -2.39. The van der Waals surface area contributed by atoms with Gasteiger partial charge in [0.15, 0.2) is 40.7 Å². The molecule has 2 rings (SSSR count). The summed E-state index contributed by atoms with van der Waals surface area (Å²) < 4.78 is 107. The van der Waals surface area contributed by atoms with E-state index in [4.69, 9.17) is 0 Å². The van der Waals surface area contributed by atoms with Gasteiger partial charge in [-0.25, -0.2) is 35.1 Å². The van der Waals surface area contributed by atoms with Crippen LogP contribution in [-0.2, 0) is 0 Å². The summed E-state index contributed by atoms with van der Waals surface area (Å²) in [5.41, 5.74) is -3.78. The Balaban J connectivity index is 2.68.